The van der Waals surface area contributed by atoms with Gasteiger partial charge >= 0.3 is 5.69 Å². The number of rotatable bonds is 7. The number of methoxy groups -OCH3 is 2. The number of nitrogens with zero attached hydrogens (tertiary/aromatic N) is 2. The fourth-order valence-corrected chi connectivity index (χ4v) is 2.88. The molecule has 0 spiro atoms. The van der Waals surface area contributed by atoms with Crippen molar-refractivity contribution in [2.45, 2.75) is 6.04 Å². The molecule has 2 aromatic carbocycles. The van der Waals surface area contributed by atoms with Crippen molar-refractivity contribution in [2.24, 2.45) is 0 Å². The summed E-state index contributed by atoms with van der Waals surface area (Å²) in [6.07, 6.45) is 1.45. The smallest absolute Gasteiger partial charge is 0.311 e. The van der Waals surface area contributed by atoms with Crippen molar-refractivity contribution in [1.29, 1.82) is 0 Å². The molecule has 0 amide bonds. The van der Waals surface area contributed by atoms with Gasteiger partial charge in [0.05, 0.1) is 25.2 Å². The van der Waals surface area contributed by atoms with Crippen LogP contribution >= 0.6 is 0 Å². The van der Waals surface area contributed by atoms with Gasteiger partial charge in [-0.1, -0.05) is 12.1 Å². The molecule has 1 N–H and O–H groups in total. The number of nitrogens with one attached hydrogen (secondary N) is 1. The van der Waals surface area contributed by atoms with Crippen molar-refractivity contribution in [3.8, 4) is 11.5 Å². The van der Waals surface area contributed by atoms with Gasteiger partial charge in [-0.05, 0) is 42.0 Å². The van der Waals surface area contributed by atoms with Crippen molar-refractivity contribution in [3.05, 3.63) is 87.9 Å². The van der Waals surface area contributed by atoms with Crippen LogP contribution in [0.5, 0.6) is 11.5 Å². The van der Waals surface area contributed by atoms with Crippen molar-refractivity contribution in [3.63, 3.8) is 0 Å². The van der Waals surface area contributed by atoms with Crippen LogP contribution in [0.15, 0.2) is 60.8 Å². The van der Waals surface area contributed by atoms with Gasteiger partial charge in [-0.3, -0.25) is 10.1 Å². The number of hydrogen-bond donors (Lipinski definition) is 1. The Morgan fingerprint density at radius 1 is 1.11 bits per heavy atom. The third-order valence-electron chi connectivity index (χ3n) is 4.19. The van der Waals surface area contributed by atoms with Gasteiger partial charge in [0.1, 0.15) is 17.3 Å². The van der Waals surface area contributed by atoms with Crippen LogP contribution in [-0.2, 0) is 0 Å². The molecule has 3 rings (SSSR count). The van der Waals surface area contributed by atoms with Gasteiger partial charge in [0.2, 0.25) is 5.82 Å². The summed E-state index contributed by atoms with van der Waals surface area (Å²) >= 11 is 0. The van der Waals surface area contributed by atoms with E-state index in [0.717, 1.165) is 0 Å². The van der Waals surface area contributed by atoms with E-state index < -0.39 is 16.8 Å². The van der Waals surface area contributed by atoms with E-state index in [-0.39, 0.29) is 11.5 Å². The molecule has 0 aliphatic carbocycles. The van der Waals surface area contributed by atoms with Gasteiger partial charge in [-0.15, -0.1) is 0 Å². The number of pyridine rings is 1. The number of anilines is 1. The fraction of sp³-hybridized carbons (Fsp3) is 0.150. The summed E-state index contributed by atoms with van der Waals surface area (Å²) in [6, 6.07) is 13.4. The highest BCUT2D eigenvalue weighted by Crippen LogP contribution is 2.36. The molecule has 28 heavy (non-hydrogen) atoms. The lowest BCUT2D eigenvalue weighted by molar-refractivity contribution is -0.384. The van der Waals surface area contributed by atoms with Crippen molar-refractivity contribution in [2.75, 3.05) is 19.5 Å². The Balaban J connectivity index is 2.16. The van der Waals surface area contributed by atoms with E-state index in [1.165, 1.54) is 50.7 Å². The molecule has 0 saturated heterocycles. The molecule has 1 heterocycles. The minimum Gasteiger partial charge on any atom is -0.497 e. The predicted molar refractivity (Wildman–Crippen MR) is 102 cm³/mol. The molecule has 8 heteroatoms. The largest absolute Gasteiger partial charge is 0.497 e. The van der Waals surface area contributed by atoms with Crippen LogP contribution in [0.4, 0.5) is 15.9 Å². The molecule has 0 saturated carbocycles. The Morgan fingerprint density at radius 3 is 2.64 bits per heavy atom. The second-order valence-electron chi connectivity index (χ2n) is 5.87. The number of nitro groups is 1. The molecular formula is C20H18FN3O4. The van der Waals surface area contributed by atoms with Gasteiger partial charge in [-0.2, -0.15) is 0 Å². The summed E-state index contributed by atoms with van der Waals surface area (Å²) in [5.41, 5.74) is 0.977. The van der Waals surface area contributed by atoms with E-state index in [1.54, 1.807) is 24.3 Å². The number of aromatic nitrogens is 1. The Kier molecular flexibility index (Phi) is 5.69. The molecule has 1 unspecified atom stereocenters. The zero-order valence-corrected chi connectivity index (χ0v) is 15.3. The lowest BCUT2D eigenvalue weighted by Crippen LogP contribution is -2.16. The Morgan fingerprint density at radius 2 is 1.93 bits per heavy atom. The normalized spacial score (nSPS) is 11.5. The first-order chi connectivity index (χ1) is 13.5. The highest BCUT2D eigenvalue weighted by atomic mass is 19.1. The maximum atomic E-state index is 14.0. The van der Waals surface area contributed by atoms with E-state index in [0.29, 0.717) is 22.6 Å². The van der Waals surface area contributed by atoms with Gasteiger partial charge in [0, 0.05) is 17.8 Å². The van der Waals surface area contributed by atoms with Gasteiger partial charge in [-0.25, -0.2) is 9.37 Å². The van der Waals surface area contributed by atoms with Crippen molar-refractivity contribution in [1.82, 2.24) is 4.98 Å². The number of halogens is 1. The van der Waals surface area contributed by atoms with Crippen LogP contribution in [0.1, 0.15) is 17.2 Å². The Hall–Kier alpha value is -3.68. The van der Waals surface area contributed by atoms with E-state index >= 15 is 0 Å². The highest BCUT2D eigenvalue weighted by Gasteiger charge is 2.24. The number of ether oxygens (including phenoxy) is 2. The van der Waals surface area contributed by atoms with Crippen molar-refractivity contribution < 1.29 is 18.8 Å². The van der Waals surface area contributed by atoms with Gasteiger partial charge in [0.15, 0.2) is 0 Å². The maximum Gasteiger partial charge on any atom is 0.311 e. The molecular weight excluding hydrogens is 365 g/mol. The molecule has 0 radical (unpaired) electrons. The molecule has 0 aliphatic heterocycles. The summed E-state index contributed by atoms with van der Waals surface area (Å²) in [7, 11) is 3.01. The standard InChI is InChI=1S/C20H18FN3O4/c1-27-15-6-3-5-13(11-15)19(16-12-14(21)8-9-18(16)28-2)23-20-17(24(25)26)7-4-10-22-20/h3-12,19H,1-2H3,(H,22,23). The van der Waals surface area contributed by atoms with E-state index in [9.17, 15) is 14.5 Å². The van der Waals surface area contributed by atoms with E-state index in [1.807, 2.05) is 0 Å². The van der Waals surface area contributed by atoms with E-state index in [4.69, 9.17) is 9.47 Å². The predicted octanol–water partition coefficient (Wildman–Crippen LogP) is 4.35. The second kappa shape index (κ2) is 8.34. The minimum atomic E-state index is -0.672. The first-order valence-electron chi connectivity index (χ1n) is 8.37. The summed E-state index contributed by atoms with van der Waals surface area (Å²) in [4.78, 5) is 14.9. The first kappa shape index (κ1) is 19.1. The van der Waals surface area contributed by atoms with Crippen LogP contribution in [0.25, 0.3) is 0 Å². The lowest BCUT2D eigenvalue weighted by Gasteiger charge is -2.23. The summed E-state index contributed by atoms with van der Waals surface area (Å²) in [5, 5.41) is 14.4. The van der Waals surface area contributed by atoms with Gasteiger partial charge < -0.3 is 14.8 Å². The van der Waals surface area contributed by atoms with Crippen LogP contribution in [0, 0.1) is 15.9 Å². The molecule has 0 bridgehead atoms. The number of benzene rings is 2. The summed E-state index contributed by atoms with van der Waals surface area (Å²) in [6.45, 7) is 0. The van der Waals surface area contributed by atoms with Crippen LogP contribution in [0.2, 0.25) is 0 Å². The zero-order chi connectivity index (χ0) is 20.1. The Bertz CT molecular complexity index is 997. The van der Waals surface area contributed by atoms with Crippen molar-refractivity contribution >= 4 is 11.5 Å². The fourth-order valence-electron chi connectivity index (χ4n) is 2.88. The minimum absolute atomic E-state index is 0.0617. The van der Waals surface area contributed by atoms with Crippen LogP contribution < -0.4 is 14.8 Å². The Labute approximate surface area is 160 Å². The molecule has 1 aromatic heterocycles. The quantitative estimate of drug-likeness (QED) is 0.482. The molecule has 0 aliphatic rings. The first-order valence-corrected chi connectivity index (χ1v) is 8.37. The lowest BCUT2D eigenvalue weighted by atomic mass is 9.97. The van der Waals surface area contributed by atoms with E-state index in [2.05, 4.69) is 10.3 Å². The monoisotopic (exact) mass is 383 g/mol. The average Bonchev–Trinajstić information content (AvgIpc) is 2.72. The zero-order valence-electron chi connectivity index (χ0n) is 15.3. The third-order valence-corrected chi connectivity index (χ3v) is 4.19. The maximum absolute atomic E-state index is 14.0. The van der Waals surface area contributed by atoms with Crippen LogP contribution in [-0.4, -0.2) is 24.1 Å². The second-order valence-corrected chi connectivity index (χ2v) is 5.87. The summed E-state index contributed by atoms with van der Waals surface area (Å²) < 4.78 is 24.7. The highest BCUT2D eigenvalue weighted by molar-refractivity contribution is 5.59. The average molecular weight is 383 g/mol. The third kappa shape index (κ3) is 4.01. The summed E-state index contributed by atoms with van der Waals surface area (Å²) in [5.74, 6) is 0.628. The topological polar surface area (TPSA) is 86.5 Å². The molecule has 1 atom stereocenters. The van der Waals surface area contributed by atoms with Gasteiger partial charge in [0.25, 0.3) is 0 Å². The molecule has 3 aromatic rings. The number of hydrogen-bond acceptors (Lipinski definition) is 6. The molecule has 144 valence electrons. The van der Waals surface area contributed by atoms with Crippen LogP contribution in [0.3, 0.4) is 0 Å². The molecule has 7 nitrogen and oxygen atoms in total. The molecule has 0 fully saturated rings. The SMILES string of the molecule is COc1cccc(C(Nc2ncccc2[N+](=O)[O-])c2cc(F)ccc2OC)c1.